The molecule has 2 N–H and O–H groups in total. The van der Waals surface area contributed by atoms with Crippen LogP contribution in [0.15, 0.2) is 61.1 Å². The van der Waals surface area contributed by atoms with Crippen LogP contribution in [0.1, 0.15) is 0 Å². The van der Waals surface area contributed by atoms with Crippen molar-refractivity contribution in [2.24, 2.45) is 0 Å². The minimum atomic E-state index is 0.0561. The minimum Gasteiger partial charge on any atom is -0.504 e. The summed E-state index contributed by atoms with van der Waals surface area (Å²) in [5.41, 5.74) is 3.02. The van der Waals surface area contributed by atoms with Gasteiger partial charge in [0.2, 0.25) is 0 Å². The maximum Gasteiger partial charge on any atom is 0.160 e. The number of rotatable bonds is 5. The third kappa shape index (κ3) is 3.10. The van der Waals surface area contributed by atoms with Crippen molar-refractivity contribution in [3.05, 3.63) is 61.1 Å². The fourth-order valence-electron chi connectivity index (χ4n) is 2.88. The Labute approximate surface area is 155 Å². The number of ether oxygens (including phenoxy) is 2. The van der Waals surface area contributed by atoms with Crippen molar-refractivity contribution in [2.75, 3.05) is 19.5 Å². The van der Waals surface area contributed by atoms with E-state index in [2.05, 4.69) is 15.3 Å². The molecule has 2 aromatic heterocycles. The number of phenols is 1. The van der Waals surface area contributed by atoms with Crippen molar-refractivity contribution in [1.82, 2.24) is 14.4 Å². The lowest BCUT2D eigenvalue weighted by Gasteiger charge is -2.10. The predicted octanol–water partition coefficient (Wildman–Crippen LogP) is 3.86. The molecule has 7 nitrogen and oxygen atoms in total. The van der Waals surface area contributed by atoms with E-state index < -0.39 is 0 Å². The Bertz CT molecular complexity index is 1090. The van der Waals surface area contributed by atoms with Crippen molar-refractivity contribution >= 4 is 17.2 Å². The lowest BCUT2D eigenvalue weighted by atomic mass is 10.1. The van der Waals surface area contributed by atoms with Crippen molar-refractivity contribution in [3.8, 4) is 28.5 Å². The molecule has 7 heteroatoms. The number of imidazole rings is 1. The molecule has 0 spiro atoms. The van der Waals surface area contributed by atoms with E-state index in [1.165, 1.54) is 7.11 Å². The number of benzene rings is 2. The number of anilines is 2. The van der Waals surface area contributed by atoms with Gasteiger partial charge in [-0.05, 0) is 42.5 Å². The maximum absolute atomic E-state index is 10.2. The molecule has 2 heterocycles. The van der Waals surface area contributed by atoms with Crippen LogP contribution in [-0.4, -0.2) is 33.7 Å². The fourth-order valence-corrected chi connectivity index (χ4v) is 2.88. The van der Waals surface area contributed by atoms with E-state index >= 15 is 0 Å². The largest absolute Gasteiger partial charge is 0.504 e. The standard InChI is InChI=1S/C20H18N4O3/c1-26-15-6-4-14(5-7-15)22-20-19(23-18-12-21-9-10-24(18)20)13-3-8-17(27-2)16(25)11-13/h3-12,22,25H,1-2H3. The number of methoxy groups -OCH3 is 2. The number of aromatic hydroxyl groups is 1. The van der Waals surface area contributed by atoms with E-state index in [1.807, 2.05) is 40.9 Å². The number of hydrogen-bond donors (Lipinski definition) is 2. The van der Waals surface area contributed by atoms with Gasteiger partial charge >= 0.3 is 0 Å². The van der Waals surface area contributed by atoms with Gasteiger partial charge in [-0.25, -0.2) is 4.98 Å². The Balaban J connectivity index is 1.82. The number of hydrogen-bond acceptors (Lipinski definition) is 6. The average molecular weight is 362 g/mol. The van der Waals surface area contributed by atoms with Crippen molar-refractivity contribution < 1.29 is 14.6 Å². The second-order valence-electron chi connectivity index (χ2n) is 5.85. The van der Waals surface area contributed by atoms with E-state index in [9.17, 15) is 5.11 Å². The molecule has 0 unspecified atom stereocenters. The molecule has 0 aliphatic carbocycles. The second-order valence-corrected chi connectivity index (χ2v) is 5.85. The van der Waals surface area contributed by atoms with E-state index in [1.54, 1.807) is 31.6 Å². The molecule has 0 saturated heterocycles. The second kappa shape index (κ2) is 6.87. The third-order valence-corrected chi connectivity index (χ3v) is 4.24. The summed E-state index contributed by atoms with van der Waals surface area (Å²) < 4.78 is 12.2. The molecule has 0 bridgehead atoms. The zero-order valence-electron chi connectivity index (χ0n) is 14.9. The van der Waals surface area contributed by atoms with E-state index in [0.717, 1.165) is 22.8 Å². The summed E-state index contributed by atoms with van der Waals surface area (Å²) >= 11 is 0. The summed E-state index contributed by atoms with van der Waals surface area (Å²) in [4.78, 5) is 8.81. The summed E-state index contributed by atoms with van der Waals surface area (Å²) in [5, 5.41) is 13.6. The van der Waals surface area contributed by atoms with Gasteiger partial charge in [0.05, 0.1) is 20.4 Å². The minimum absolute atomic E-state index is 0.0561. The van der Waals surface area contributed by atoms with Gasteiger partial charge in [-0.2, -0.15) is 0 Å². The number of fused-ring (bicyclic) bond motifs is 1. The summed E-state index contributed by atoms with van der Waals surface area (Å²) in [5.74, 6) is 2.01. The Hall–Kier alpha value is -3.74. The average Bonchev–Trinajstić information content (AvgIpc) is 3.07. The summed E-state index contributed by atoms with van der Waals surface area (Å²) in [6, 6.07) is 12.8. The normalized spacial score (nSPS) is 10.7. The Morgan fingerprint density at radius 1 is 1.04 bits per heavy atom. The topological polar surface area (TPSA) is 80.9 Å². The zero-order chi connectivity index (χ0) is 18.8. The summed E-state index contributed by atoms with van der Waals surface area (Å²) in [6.07, 6.45) is 5.22. The van der Waals surface area contributed by atoms with Crippen LogP contribution >= 0.6 is 0 Å². The zero-order valence-corrected chi connectivity index (χ0v) is 14.9. The number of phenolic OH excluding ortho intramolecular Hbond substituents is 1. The fraction of sp³-hybridized carbons (Fsp3) is 0.100. The Morgan fingerprint density at radius 3 is 2.56 bits per heavy atom. The van der Waals surface area contributed by atoms with Crippen LogP contribution < -0.4 is 14.8 Å². The maximum atomic E-state index is 10.2. The molecular formula is C20H18N4O3. The molecule has 0 aliphatic rings. The molecule has 4 aromatic rings. The third-order valence-electron chi connectivity index (χ3n) is 4.24. The van der Waals surface area contributed by atoms with Gasteiger partial charge in [-0.15, -0.1) is 0 Å². The molecule has 0 aliphatic heterocycles. The Morgan fingerprint density at radius 2 is 1.85 bits per heavy atom. The van der Waals surface area contributed by atoms with Crippen molar-refractivity contribution in [2.45, 2.75) is 0 Å². The van der Waals surface area contributed by atoms with Crippen LogP contribution in [0.25, 0.3) is 16.9 Å². The summed E-state index contributed by atoms with van der Waals surface area (Å²) in [7, 11) is 3.15. The van der Waals surface area contributed by atoms with Gasteiger partial charge in [0.15, 0.2) is 17.1 Å². The summed E-state index contributed by atoms with van der Waals surface area (Å²) in [6.45, 7) is 0. The molecule has 27 heavy (non-hydrogen) atoms. The molecule has 0 atom stereocenters. The smallest absolute Gasteiger partial charge is 0.160 e. The van der Waals surface area contributed by atoms with E-state index in [-0.39, 0.29) is 5.75 Å². The van der Waals surface area contributed by atoms with E-state index in [0.29, 0.717) is 17.1 Å². The van der Waals surface area contributed by atoms with E-state index in [4.69, 9.17) is 9.47 Å². The lowest BCUT2D eigenvalue weighted by Crippen LogP contribution is -1.97. The van der Waals surface area contributed by atoms with Crippen molar-refractivity contribution in [3.63, 3.8) is 0 Å². The lowest BCUT2D eigenvalue weighted by molar-refractivity contribution is 0.373. The highest BCUT2D eigenvalue weighted by Gasteiger charge is 2.16. The van der Waals surface area contributed by atoms with Gasteiger partial charge in [0, 0.05) is 23.6 Å². The predicted molar refractivity (Wildman–Crippen MR) is 103 cm³/mol. The quantitative estimate of drug-likeness (QED) is 0.561. The first kappa shape index (κ1) is 16.7. The van der Waals surface area contributed by atoms with Crippen LogP contribution in [0.4, 0.5) is 11.5 Å². The van der Waals surface area contributed by atoms with Crippen LogP contribution in [0.3, 0.4) is 0 Å². The molecule has 0 radical (unpaired) electrons. The monoisotopic (exact) mass is 362 g/mol. The SMILES string of the molecule is COc1ccc(Nc2c(-c3ccc(OC)c(O)c3)nc3cnccn23)cc1. The molecule has 136 valence electrons. The van der Waals surface area contributed by atoms with Gasteiger partial charge < -0.3 is 19.9 Å². The molecule has 0 saturated carbocycles. The first-order valence-corrected chi connectivity index (χ1v) is 8.30. The molecule has 2 aromatic carbocycles. The van der Waals surface area contributed by atoms with Gasteiger partial charge in [-0.3, -0.25) is 9.38 Å². The molecule has 4 rings (SSSR count). The highest BCUT2D eigenvalue weighted by atomic mass is 16.5. The highest BCUT2D eigenvalue weighted by molar-refractivity contribution is 5.80. The first-order valence-electron chi connectivity index (χ1n) is 8.30. The van der Waals surface area contributed by atoms with Crippen LogP contribution in [0, 0.1) is 0 Å². The van der Waals surface area contributed by atoms with Gasteiger partial charge in [-0.1, -0.05) is 0 Å². The van der Waals surface area contributed by atoms with Crippen molar-refractivity contribution in [1.29, 1.82) is 0 Å². The number of nitrogens with one attached hydrogen (secondary N) is 1. The number of aromatic nitrogens is 3. The Kier molecular flexibility index (Phi) is 4.25. The van der Waals surface area contributed by atoms with Gasteiger partial charge in [0.1, 0.15) is 17.3 Å². The van der Waals surface area contributed by atoms with Crippen LogP contribution in [0.2, 0.25) is 0 Å². The number of nitrogens with zero attached hydrogens (tertiary/aromatic N) is 3. The van der Waals surface area contributed by atoms with Crippen LogP contribution in [-0.2, 0) is 0 Å². The molecular weight excluding hydrogens is 344 g/mol. The first-order chi connectivity index (χ1) is 13.2. The molecule has 0 fully saturated rings. The molecule has 0 amide bonds. The highest BCUT2D eigenvalue weighted by Crippen LogP contribution is 2.36. The van der Waals surface area contributed by atoms with Crippen LogP contribution in [0.5, 0.6) is 17.2 Å². The van der Waals surface area contributed by atoms with Gasteiger partial charge in [0.25, 0.3) is 0 Å².